The van der Waals surface area contributed by atoms with E-state index in [0.717, 1.165) is 35.3 Å². The van der Waals surface area contributed by atoms with E-state index in [-0.39, 0.29) is 25.0 Å². The highest BCUT2D eigenvalue weighted by Crippen LogP contribution is 2.36. The molecule has 15 heteroatoms. The molecule has 0 aromatic carbocycles. The quantitative estimate of drug-likeness (QED) is 0.272. The Bertz CT molecular complexity index is 1140. The molecule has 0 radical (unpaired) electrons. The van der Waals surface area contributed by atoms with Crippen molar-refractivity contribution < 1.29 is 46.3 Å². The summed E-state index contributed by atoms with van der Waals surface area (Å²) in [6.07, 6.45) is -0.196. The summed E-state index contributed by atoms with van der Waals surface area (Å²) in [4.78, 5) is 44.0. The van der Waals surface area contributed by atoms with Crippen LogP contribution in [0.3, 0.4) is 0 Å². The Morgan fingerprint density at radius 1 is 1.26 bits per heavy atom. The Hall–Kier alpha value is -3.17. The first kappa shape index (κ1) is 30.4. The largest absolute Gasteiger partial charge is 0.481 e. The van der Waals surface area contributed by atoms with Crippen LogP contribution in [0, 0.1) is 0 Å². The average molecular weight is 573 g/mol. The smallest absolute Gasteiger partial charge is 0.407 e. The highest BCUT2D eigenvalue weighted by molar-refractivity contribution is 7.85. The first-order valence-corrected chi connectivity index (χ1v) is 14.4. The third-order valence-corrected chi connectivity index (χ3v) is 6.99. The van der Waals surface area contributed by atoms with Gasteiger partial charge in [-0.25, -0.2) is 14.6 Å². The minimum absolute atomic E-state index is 0.0473. The number of carboxylic acid groups (broad SMARTS) is 1. The molecule has 1 aliphatic heterocycles. The molecule has 0 bridgehead atoms. The van der Waals surface area contributed by atoms with Crippen molar-refractivity contribution in [1.29, 1.82) is 0 Å². The van der Waals surface area contributed by atoms with Gasteiger partial charge in [0.2, 0.25) is 5.88 Å². The Balaban J connectivity index is 1.78. The summed E-state index contributed by atoms with van der Waals surface area (Å²) in [6.45, 7) is 1.56. The summed E-state index contributed by atoms with van der Waals surface area (Å²) in [7, 11) is -0.989. The van der Waals surface area contributed by atoms with Gasteiger partial charge in [-0.1, -0.05) is 0 Å². The third-order valence-electron chi connectivity index (χ3n) is 6.43. The molecule has 39 heavy (non-hydrogen) atoms. The second-order valence-corrected chi connectivity index (χ2v) is 11.2. The van der Waals surface area contributed by atoms with Gasteiger partial charge in [0.15, 0.2) is 6.10 Å². The molecule has 2 fully saturated rings. The van der Waals surface area contributed by atoms with Crippen molar-refractivity contribution in [2.75, 3.05) is 46.7 Å². The maximum atomic E-state index is 13.8. The van der Waals surface area contributed by atoms with Gasteiger partial charge < -0.3 is 34.4 Å². The predicted octanol–water partition coefficient (Wildman–Crippen LogP) is 1.15. The SMILES string of the molecule is COC(=O)NCCCc1cc([C@@H](C)N(C(=O)[C@H]2CN(C(=O)O)C[C@@H](COS(C)(=O)=O)O2)C2CC2)cc(OC)n1. The standard InChI is InChI=1S/C24H36N4O10S/c1-15(16-10-17(26-21(11-16)35-2)6-5-9-25-23(30)36-3)28(18-7-8-18)22(29)20-13-27(24(31)32)12-19(38-20)14-37-39(4,33)34/h10-11,15,18-20H,5-9,12-14H2,1-4H3,(H,25,30)(H,31,32)/t15-,19+,20-/m1/s1. The van der Waals surface area contributed by atoms with Crippen molar-refractivity contribution in [1.82, 2.24) is 20.1 Å². The highest BCUT2D eigenvalue weighted by Gasteiger charge is 2.43. The summed E-state index contributed by atoms with van der Waals surface area (Å²) >= 11 is 0. The van der Waals surface area contributed by atoms with Crippen LogP contribution >= 0.6 is 0 Å². The number of hydrogen-bond donors (Lipinski definition) is 2. The number of hydrogen-bond acceptors (Lipinski definition) is 10. The average Bonchev–Trinajstić information content (AvgIpc) is 3.74. The van der Waals surface area contributed by atoms with Gasteiger partial charge >= 0.3 is 12.2 Å². The van der Waals surface area contributed by atoms with Crippen LogP contribution in [0.15, 0.2) is 12.1 Å². The lowest BCUT2D eigenvalue weighted by Crippen LogP contribution is -2.57. The van der Waals surface area contributed by atoms with Gasteiger partial charge in [0.25, 0.3) is 16.0 Å². The fraction of sp³-hybridized carbons (Fsp3) is 0.667. The van der Waals surface area contributed by atoms with Crippen molar-refractivity contribution in [2.24, 2.45) is 0 Å². The summed E-state index contributed by atoms with van der Waals surface area (Å²) < 4.78 is 43.5. The zero-order valence-corrected chi connectivity index (χ0v) is 23.3. The summed E-state index contributed by atoms with van der Waals surface area (Å²) in [5, 5.41) is 12.2. The van der Waals surface area contributed by atoms with Gasteiger partial charge in [-0.05, 0) is 44.2 Å². The lowest BCUT2D eigenvalue weighted by atomic mass is 10.0. The molecule has 3 rings (SSSR count). The minimum Gasteiger partial charge on any atom is -0.481 e. The van der Waals surface area contributed by atoms with Gasteiger partial charge in [-0.3, -0.25) is 8.98 Å². The van der Waals surface area contributed by atoms with Crippen molar-refractivity contribution >= 4 is 28.2 Å². The molecular weight excluding hydrogens is 536 g/mol. The third kappa shape index (κ3) is 8.93. The first-order chi connectivity index (χ1) is 18.4. The van der Waals surface area contributed by atoms with E-state index in [9.17, 15) is 27.9 Å². The van der Waals surface area contributed by atoms with Gasteiger partial charge in [-0.2, -0.15) is 8.42 Å². The number of amides is 3. The van der Waals surface area contributed by atoms with Crippen molar-refractivity contribution in [3.05, 3.63) is 23.4 Å². The van der Waals surface area contributed by atoms with Crippen LogP contribution < -0.4 is 10.1 Å². The Kier molecular flexibility index (Phi) is 10.3. The molecule has 2 N–H and O–H groups in total. The second-order valence-electron chi connectivity index (χ2n) is 9.53. The lowest BCUT2D eigenvalue weighted by molar-refractivity contribution is -0.160. The van der Waals surface area contributed by atoms with E-state index in [1.807, 2.05) is 13.0 Å². The van der Waals surface area contributed by atoms with E-state index in [2.05, 4.69) is 15.0 Å². The van der Waals surface area contributed by atoms with Crippen molar-refractivity contribution in [3.63, 3.8) is 0 Å². The van der Waals surface area contributed by atoms with Crippen molar-refractivity contribution in [3.8, 4) is 5.88 Å². The number of rotatable bonds is 12. The molecule has 3 amide bonds. The number of morpholine rings is 1. The second kappa shape index (κ2) is 13.3. The number of methoxy groups -OCH3 is 2. The molecule has 1 saturated heterocycles. The topological polar surface area (TPSA) is 174 Å². The minimum atomic E-state index is -3.78. The molecule has 1 aliphatic carbocycles. The molecule has 14 nitrogen and oxygen atoms in total. The number of nitrogens with zero attached hydrogens (tertiary/aromatic N) is 3. The van der Waals surface area contributed by atoms with E-state index >= 15 is 0 Å². The summed E-state index contributed by atoms with van der Waals surface area (Å²) in [5.74, 6) is -0.0117. The molecule has 0 unspecified atom stereocenters. The molecule has 2 heterocycles. The van der Waals surface area contributed by atoms with Crippen LogP contribution in [0.4, 0.5) is 9.59 Å². The van der Waals surface area contributed by atoms with Crippen LogP contribution in [-0.2, 0) is 35.0 Å². The lowest BCUT2D eigenvalue weighted by Gasteiger charge is -2.39. The van der Waals surface area contributed by atoms with Crippen LogP contribution in [0.5, 0.6) is 5.88 Å². The molecule has 1 aromatic heterocycles. The van der Waals surface area contributed by atoms with Gasteiger partial charge in [-0.15, -0.1) is 0 Å². The number of nitrogens with one attached hydrogen (secondary N) is 1. The van der Waals surface area contributed by atoms with E-state index in [1.54, 1.807) is 11.0 Å². The van der Waals surface area contributed by atoms with Gasteiger partial charge in [0.1, 0.15) is 6.10 Å². The molecule has 3 atom stereocenters. The molecule has 2 aliphatic rings. The Morgan fingerprint density at radius 3 is 2.56 bits per heavy atom. The number of aromatic nitrogens is 1. The molecule has 0 spiro atoms. The first-order valence-electron chi connectivity index (χ1n) is 12.6. The van der Waals surface area contributed by atoms with Crippen LogP contribution in [0.1, 0.15) is 43.5 Å². The highest BCUT2D eigenvalue weighted by atomic mass is 32.2. The summed E-state index contributed by atoms with van der Waals surface area (Å²) in [5.41, 5.74) is 1.50. The Labute approximate surface area is 227 Å². The maximum absolute atomic E-state index is 13.8. The zero-order chi connectivity index (χ0) is 28.7. The number of ether oxygens (including phenoxy) is 3. The molecular formula is C24H36N4O10S. The number of carbonyl (C=O) groups excluding carboxylic acids is 2. The molecule has 218 valence electrons. The van der Waals surface area contributed by atoms with E-state index in [1.165, 1.54) is 14.2 Å². The number of alkyl carbamates (subject to hydrolysis) is 1. The number of aryl methyl sites for hydroxylation is 1. The van der Waals surface area contributed by atoms with Crippen LogP contribution in [0.25, 0.3) is 0 Å². The molecule has 1 aromatic rings. The summed E-state index contributed by atoms with van der Waals surface area (Å²) in [6, 6.07) is 3.16. The van der Waals surface area contributed by atoms with Crippen LogP contribution in [-0.4, -0.2) is 111 Å². The van der Waals surface area contributed by atoms with Crippen LogP contribution in [0.2, 0.25) is 0 Å². The van der Waals surface area contributed by atoms with Crippen molar-refractivity contribution in [2.45, 2.75) is 56.9 Å². The zero-order valence-electron chi connectivity index (χ0n) is 22.5. The number of carbonyl (C=O) groups is 3. The normalized spacial score (nSPS) is 20.2. The monoisotopic (exact) mass is 572 g/mol. The van der Waals surface area contributed by atoms with E-state index < -0.39 is 47.2 Å². The predicted molar refractivity (Wildman–Crippen MR) is 137 cm³/mol. The number of pyridine rings is 1. The van der Waals surface area contributed by atoms with E-state index in [0.29, 0.717) is 25.3 Å². The van der Waals surface area contributed by atoms with E-state index in [4.69, 9.17) is 13.7 Å². The Morgan fingerprint density at radius 2 is 1.97 bits per heavy atom. The fourth-order valence-electron chi connectivity index (χ4n) is 4.38. The fourth-order valence-corrected chi connectivity index (χ4v) is 4.78. The molecule has 1 saturated carbocycles. The van der Waals surface area contributed by atoms with Gasteiger partial charge in [0, 0.05) is 24.3 Å². The maximum Gasteiger partial charge on any atom is 0.407 e. The van der Waals surface area contributed by atoms with Gasteiger partial charge in [0.05, 0.1) is 46.2 Å².